The van der Waals surface area contributed by atoms with Crippen molar-refractivity contribution in [3.8, 4) is 0 Å². The molecule has 0 bridgehead atoms. The highest BCUT2D eigenvalue weighted by molar-refractivity contribution is 7.89. The minimum Gasteiger partial charge on any atom is -0.361 e. The number of hydrogen-bond donors (Lipinski definition) is 2. The number of nitrogens with zero attached hydrogens (tertiary/aromatic N) is 2. The van der Waals surface area contributed by atoms with Gasteiger partial charge < -0.3 is 15.5 Å². The third-order valence-corrected chi connectivity index (χ3v) is 7.50. The molecule has 0 saturated carbocycles. The average molecular weight is 427 g/mol. The van der Waals surface area contributed by atoms with Crippen LogP contribution in [0.1, 0.15) is 45.1 Å². The summed E-state index contributed by atoms with van der Waals surface area (Å²) < 4.78 is 27.0. The molecule has 0 spiro atoms. The number of aryl methyl sites for hydroxylation is 1. The first-order valence-corrected chi connectivity index (χ1v) is 12.1. The number of benzene rings is 1. The fraction of sp³-hybridized carbons (Fsp3) is 0.650. The zero-order valence-corrected chi connectivity index (χ0v) is 19.0. The molecule has 28 heavy (non-hydrogen) atoms. The molecule has 1 fully saturated rings. The molecule has 1 aliphatic heterocycles. The molecule has 1 saturated heterocycles. The SMILES string of the molecule is CCN(CC)S(=O)(=O)c1ccc(C)c(NC(=S)NCCN2CCCCCC2)c1. The van der Waals surface area contributed by atoms with Crippen LogP contribution in [0.5, 0.6) is 0 Å². The van der Waals surface area contributed by atoms with E-state index in [1.807, 2.05) is 26.8 Å². The van der Waals surface area contributed by atoms with Crippen molar-refractivity contribution in [1.29, 1.82) is 0 Å². The van der Waals surface area contributed by atoms with Crippen molar-refractivity contribution in [3.63, 3.8) is 0 Å². The first-order chi connectivity index (χ1) is 13.4. The van der Waals surface area contributed by atoms with Gasteiger partial charge >= 0.3 is 0 Å². The third-order valence-electron chi connectivity index (χ3n) is 5.21. The van der Waals surface area contributed by atoms with Crippen molar-refractivity contribution in [3.05, 3.63) is 23.8 Å². The van der Waals surface area contributed by atoms with Crippen molar-refractivity contribution >= 4 is 33.0 Å². The van der Waals surface area contributed by atoms with Crippen molar-refractivity contribution in [2.45, 2.75) is 51.3 Å². The maximum Gasteiger partial charge on any atom is 0.243 e. The number of rotatable bonds is 8. The molecule has 0 unspecified atom stereocenters. The first kappa shape index (κ1) is 23.1. The van der Waals surface area contributed by atoms with Gasteiger partial charge in [0.2, 0.25) is 10.0 Å². The zero-order chi connectivity index (χ0) is 20.6. The van der Waals surface area contributed by atoms with E-state index in [2.05, 4.69) is 15.5 Å². The molecule has 158 valence electrons. The molecule has 0 aromatic heterocycles. The Morgan fingerprint density at radius 3 is 2.39 bits per heavy atom. The van der Waals surface area contributed by atoms with Crippen LogP contribution < -0.4 is 10.6 Å². The van der Waals surface area contributed by atoms with Gasteiger partial charge in [0.25, 0.3) is 0 Å². The van der Waals surface area contributed by atoms with E-state index in [1.165, 1.54) is 30.0 Å². The topological polar surface area (TPSA) is 64.7 Å². The predicted octanol–water partition coefficient (Wildman–Crippen LogP) is 3.19. The van der Waals surface area contributed by atoms with E-state index in [4.69, 9.17) is 12.2 Å². The van der Waals surface area contributed by atoms with Gasteiger partial charge in [0.05, 0.1) is 4.90 Å². The van der Waals surface area contributed by atoms with Gasteiger partial charge in [-0.25, -0.2) is 8.42 Å². The number of nitrogens with one attached hydrogen (secondary N) is 2. The molecule has 6 nitrogen and oxygen atoms in total. The highest BCUT2D eigenvalue weighted by Crippen LogP contribution is 2.23. The van der Waals surface area contributed by atoms with Crippen molar-refractivity contribution in [2.24, 2.45) is 0 Å². The monoisotopic (exact) mass is 426 g/mol. The Balaban J connectivity index is 1.96. The van der Waals surface area contributed by atoms with E-state index >= 15 is 0 Å². The summed E-state index contributed by atoms with van der Waals surface area (Å²) in [5.41, 5.74) is 1.68. The standard InChI is InChI=1S/C20H34N4O2S2/c1-4-24(5-2)28(25,26)18-11-10-17(3)19(16-18)22-20(27)21-12-15-23-13-8-6-7-9-14-23/h10-11,16H,4-9,12-15H2,1-3H3,(H2,21,22,27). The lowest BCUT2D eigenvalue weighted by molar-refractivity contribution is 0.289. The molecule has 2 rings (SSSR count). The van der Waals surface area contributed by atoms with Gasteiger partial charge in [-0.1, -0.05) is 32.8 Å². The Morgan fingerprint density at radius 2 is 1.79 bits per heavy atom. The second-order valence-corrected chi connectivity index (χ2v) is 9.55. The molecule has 0 radical (unpaired) electrons. The molecule has 1 aromatic carbocycles. The number of hydrogen-bond acceptors (Lipinski definition) is 4. The van der Waals surface area contributed by atoms with E-state index in [0.29, 0.717) is 18.2 Å². The first-order valence-electron chi connectivity index (χ1n) is 10.3. The molecule has 0 amide bonds. The molecule has 1 aromatic rings. The summed E-state index contributed by atoms with van der Waals surface area (Å²) in [6.45, 7) is 10.6. The Bertz CT molecular complexity index is 741. The summed E-state index contributed by atoms with van der Waals surface area (Å²) in [4.78, 5) is 2.77. The van der Waals surface area contributed by atoms with E-state index in [-0.39, 0.29) is 4.90 Å². The Morgan fingerprint density at radius 1 is 1.14 bits per heavy atom. The van der Waals surface area contributed by atoms with Crippen LogP contribution in [0.25, 0.3) is 0 Å². The van der Waals surface area contributed by atoms with E-state index in [0.717, 1.165) is 37.4 Å². The lowest BCUT2D eigenvalue weighted by Crippen LogP contribution is -2.37. The summed E-state index contributed by atoms with van der Waals surface area (Å²) in [7, 11) is -3.49. The average Bonchev–Trinajstić information content (AvgIpc) is 2.93. The molecule has 2 N–H and O–H groups in total. The summed E-state index contributed by atoms with van der Waals surface area (Å²) in [6.07, 6.45) is 5.21. The number of sulfonamides is 1. The number of anilines is 1. The van der Waals surface area contributed by atoms with Gasteiger partial charge in [-0.05, 0) is 62.8 Å². The highest BCUT2D eigenvalue weighted by atomic mass is 32.2. The van der Waals surface area contributed by atoms with Crippen molar-refractivity contribution in [2.75, 3.05) is 44.6 Å². The summed E-state index contributed by atoms with van der Waals surface area (Å²) in [5.74, 6) is 0. The zero-order valence-electron chi connectivity index (χ0n) is 17.3. The normalized spacial score (nSPS) is 16.0. The molecule has 8 heteroatoms. The van der Waals surface area contributed by atoms with Crippen LogP contribution in [0, 0.1) is 6.92 Å². The Hall–Kier alpha value is -1.22. The maximum absolute atomic E-state index is 12.8. The molecule has 1 heterocycles. The fourth-order valence-electron chi connectivity index (χ4n) is 3.46. The number of likely N-dealkylation sites (tertiary alicyclic amines) is 1. The van der Waals surface area contributed by atoms with Crippen LogP contribution >= 0.6 is 12.2 Å². The molecular weight excluding hydrogens is 392 g/mol. The lowest BCUT2D eigenvalue weighted by Gasteiger charge is -2.21. The van der Waals surface area contributed by atoms with Crippen LogP contribution in [0.2, 0.25) is 0 Å². The fourth-order valence-corrected chi connectivity index (χ4v) is 5.16. The van der Waals surface area contributed by atoms with Crippen LogP contribution in [-0.4, -0.2) is 62.0 Å². The van der Waals surface area contributed by atoms with Gasteiger partial charge in [0, 0.05) is 31.9 Å². The van der Waals surface area contributed by atoms with E-state index in [1.54, 1.807) is 12.1 Å². The quantitative estimate of drug-likeness (QED) is 0.623. The van der Waals surface area contributed by atoms with E-state index in [9.17, 15) is 8.42 Å². The summed E-state index contributed by atoms with van der Waals surface area (Å²) >= 11 is 5.42. The summed E-state index contributed by atoms with van der Waals surface area (Å²) in [5, 5.41) is 6.94. The van der Waals surface area contributed by atoms with Crippen LogP contribution in [-0.2, 0) is 10.0 Å². The van der Waals surface area contributed by atoms with Gasteiger partial charge in [-0.2, -0.15) is 4.31 Å². The molecule has 0 aliphatic carbocycles. The minimum atomic E-state index is -3.49. The Kier molecular flexibility index (Phi) is 9.14. The largest absolute Gasteiger partial charge is 0.361 e. The number of thiocarbonyl (C=S) groups is 1. The summed E-state index contributed by atoms with van der Waals surface area (Å²) in [6, 6.07) is 5.15. The Labute approximate surface area is 175 Å². The molecule has 0 atom stereocenters. The molecule has 1 aliphatic rings. The van der Waals surface area contributed by atoms with Crippen molar-refractivity contribution < 1.29 is 8.42 Å². The van der Waals surface area contributed by atoms with Crippen LogP contribution in [0.15, 0.2) is 23.1 Å². The highest BCUT2D eigenvalue weighted by Gasteiger charge is 2.22. The lowest BCUT2D eigenvalue weighted by atomic mass is 10.2. The van der Waals surface area contributed by atoms with Crippen LogP contribution in [0.4, 0.5) is 5.69 Å². The van der Waals surface area contributed by atoms with Crippen molar-refractivity contribution in [1.82, 2.24) is 14.5 Å². The van der Waals surface area contributed by atoms with Gasteiger partial charge in [-0.15, -0.1) is 0 Å². The minimum absolute atomic E-state index is 0.289. The smallest absolute Gasteiger partial charge is 0.243 e. The van der Waals surface area contributed by atoms with E-state index < -0.39 is 10.0 Å². The van der Waals surface area contributed by atoms with Gasteiger partial charge in [-0.3, -0.25) is 0 Å². The van der Waals surface area contributed by atoms with Gasteiger partial charge in [0.15, 0.2) is 5.11 Å². The third kappa shape index (κ3) is 6.40. The predicted molar refractivity (Wildman–Crippen MR) is 120 cm³/mol. The molecular formula is C20H34N4O2S2. The van der Waals surface area contributed by atoms with Crippen LogP contribution in [0.3, 0.4) is 0 Å². The second kappa shape index (κ2) is 11.1. The maximum atomic E-state index is 12.8. The van der Waals surface area contributed by atoms with Gasteiger partial charge in [0.1, 0.15) is 0 Å². The second-order valence-electron chi connectivity index (χ2n) is 7.20.